The molecule has 2 aromatic rings. The second-order valence-electron chi connectivity index (χ2n) is 7.79. The minimum absolute atomic E-state index is 0.0767. The standard InChI is InChI=1S/C21H24O10/c1-8-17(26)18(27)19(28)21(29-8)31-16-7-11-13(24)5-10(22)6-15(11)30-20(16)9-2-3-12(23)14(25)4-9/h2-6,8,16-28H,7H2,1H3/t8?,16-,17-,18?,19-,20+,21-/m0/s1. The summed E-state index contributed by atoms with van der Waals surface area (Å²) in [5.41, 5.74) is 0.758. The van der Waals surface area contributed by atoms with Gasteiger partial charge in [-0.05, 0) is 24.6 Å². The van der Waals surface area contributed by atoms with Crippen molar-refractivity contribution in [2.75, 3.05) is 0 Å². The van der Waals surface area contributed by atoms with E-state index in [1.807, 2.05) is 0 Å². The van der Waals surface area contributed by atoms with Crippen LogP contribution in [0.2, 0.25) is 0 Å². The predicted octanol–water partition coefficient (Wildman–Crippen LogP) is 0.398. The minimum atomic E-state index is -1.55. The summed E-state index contributed by atoms with van der Waals surface area (Å²) in [6, 6.07) is 6.54. The topological polar surface area (TPSA) is 169 Å². The first-order chi connectivity index (χ1) is 14.7. The molecule has 31 heavy (non-hydrogen) atoms. The molecular formula is C21H24O10. The van der Waals surface area contributed by atoms with E-state index in [-0.39, 0.29) is 35.2 Å². The van der Waals surface area contributed by atoms with Gasteiger partial charge in [-0.1, -0.05) is 6.07 Å². The number of aliphatic hydroxyl groups is 3. The summed E-state index contributed by atoms with van der Waals surface area (Å²) < 4.78 is 17.4. The van der Waals surface area contributed by atoms with E-state index in [1.165, 1.54) is 31.2 Å². The van der Waals surface area contributed by atoms with Crippen molar-refractivity contribution in [3.8, 4) is 28.7 Å². The SMILES string of the molecule is CC1O[C@@H](O[C@H]2Cc3c(O)cc(O)cc3O[C@@H]2c2ccc(O)c(O)c2)[C@@H](O)C(O)[C@H]1O. The monoisotopic (exact) mass is 436 g/mol. The number of phenolic OH excluding ortho intramolecular Hbond substituents is 4. The number of ether oxygens (including phenoxy) is 3. The number of aromatic hydroxyl groups is 4. The Balaban J connectivity index is 1.69. The molecule has 0 aromatic heterocycles. The highest BCUT2D eigenvalue weighted by Gasteiger charge is 2.45. The molecule has 0 spiro atoms. The Morgan fingerprint density at radius 3 is 2.32 bits per heavy atom. The van der Waals surface area contributed by atoms with Gasteiger partial charge in [0.15, 0.2) is 23.9 Å². The molecule has 2 heterocycles. The lowest BCUT2D eigenvalue weighted by Gasteiger charge is -2.42. The molecule has 0 saturated carbocycles. The lowest BCUT2D eigenvalue weighted by molar-refractivity contribution is -0.310. The van der Waals surface area contributed by atoms with E-state index in [0.717, 1.165) is 6.07 Å². The van der Waals surface area contributed by atoms with Gasteiger partial charge < -0.3 is 50.0 Å². The molecule has 4 rings (SSSR count). The predicted molar refractivity (Wildman–Crippen MR) is 104 cm³/mol. The second kappa shape index (κ2) is 8.06. The zero-order valence-corrected chi connectivity index (χ0v) is 16.5. The van der Waals surface area contributed by atoms with Crippen LogP contribution in [-0.2, 0) is 15.9 Å². The van der Waals surface area contributed by atoms with E-state index >= 15 is 0 Å². The molecule has 10 heteroatoms. The van der Waals surface area contributed by atoms with Gasteiger partial charge in [-0.3, -0.25) is 0 Å². The first kappa shape index (κ1) is 21.5. The Kier molecular flexibility index (Phi) is 5.58. The summed E-state index contributed by atoms with van der Waals surface area (Å²) in [7, 11) is 0. The van der Waals surface area contributed by atoms with E-state index in [1.54, 1.807) is 0 Å². The van der Waals surface area contributed by atoms with Gasteiger partial charge in [0.1, 0.15) is 41.7 Å². The Bertz CT molecular complexity index is 963. The van der Waals surface area contributed by atoms with Crippen molar-refractivity contribution in [1.29, 1.82) is 0 Å². The van der Waals surface area contributed by atoms with Crippen molar-refractivity contribution in [1.82, 2.24) is 0 Å². The maximum atomic E-state index is 10.3. The van der Waals surface area contributed by atoms with Crippen LogP contribution in [0.5, 0.6) is 28.7 Å². The van der Waals surface area contributed by atoms with E-state index in [2.05, 4.69) is 0 Å². The quantitative estimate of drug-likeness (QED) is 0.334. The Morgan fingerprint density at radius 1 is 0.871 bits per heavy atom. The third-order valence-electron chi connectivity index (χ3n) is 5.61. The maximum absolute atomic E-state index is 10.3. The molecule has 2 aromatic carbocycles. The van der Waals surface area contributed by atoms with Crippen LogP contribution < -0.4 is 4.74 Å². The molecule has 10 nitrogen and oxygen atoms in total. The van der Waals surface area contributed by atoms with Crippen molar-refractivity contribution in [2.45, 2.75) is 56.3 Å². The number of hydrogen-bond donors (Lipinski definition) is 7. The van der Waals surface area contributed by atoms with E-state index < -0.39 is 42.9 Å². The van der Waals surface area contributed by atoms with Crippen molar-refractivity contribution in [3.05, 3.63) is 41.5 Å². The number of hydrogen-bond acceptors (Lipinski definition) is 10. The zero-order valence-electron chi connectivity index (χ0n) is 16.5. The van der Waals surface area contributed by atoms with Crippen LogP contribution in [0.3, 0.4) is 0 Å². The molecule has 0 aliphatic carbocycles. The number of benzene rings is 2. The average molecular weight is 436 g/mol. The highest BCUT2D eigenvalue weighted by molar-refractivity contribution is 5.52. The molecule has 0 amide bonds. The van der Waals surface area contributed by atoms with Crippen LogP contribution in [0, 0.1) is 0 Å². The lowest BCUT2D eigenvalue weighted by atomic mass is 9.93. The zero-order chi connectivity index (χ0) is 22.4. The highest BCUT2D eigenvalue weighted by Crippen LogP contribution is 2.44. The third-order valence-corrected chi connectivity index (χ3v) is 5.61. The minimum Gasteiger partial charge on any atom is -0.508 e. The fourth-order valence-electron chi connectivity index (χ4n) is 3.87. The lowest BCUT2D eigenvalue weighted by Crippen LogP contribution is -2.58. The van der Waals surface area contributed by atoms with Crippen molar-refractivity contribution < 1.29 is 50.0 Å². The molecule has 7 N–H and O–H groups in total. The Morgan fingerprint density at radius 2 is 1.61 bits per heavy atom. The van der Waals surface area contributed by atoms with Crippen molar-refractivity contribution in [3.63, 3.8) is 0 Å². The van der Waals surface area contributed by atoms with E-state index in [4.69, 9.17) is 14.2 Å². The van der Waals surface area contributed by atoms with Gasteiger partial charge in [-0.15, -0.1) is 0 Å². The Labute approximate surface area is 177 Å². The summed E-state index contributed by atoms with van der Waals surface area (Å²) >= 11 is 0. The van der Waals surface area contributed by atoms with Gasteiger partial charge >= 0.3 is 0 Å². The largest absolute Gasteiger partial charge is 0.508 e. The molecule has 1 fully saturated rings. The number of rotatable bonds is 3. The van der Waals surface area contributed by atoms with Crippen LogP contribution in [0.1, 0.15) is 24.2 Å². The third kappa shape index (κ3) is 3.95. The van der Waals surface area contributed by atoms with Gasteiger partial charge in [-0.2, -0.15) is 0 Å². The first-order valence-electron chi connectivity index (χ1n) is 9.74. The smallest absolute Gasteiger partial charge is 0.187 e. The molecule has 2 aliphatic heterocycles. The molecule has 2 aliphatic rings. The molecule has 2 unspecified atom stereocenters. The average Bonchev–Trinajstić information content (AvgIpc) is 2.72. The van der Waals surface area contributed by atoms with Gasteiger partial charge in [0.2, 0.25) is 0 Å². The van der Waals surface area contributed by atoms with E-state index in [9.17, 15) is 35.7 Å². The number of phenols is 4. The molecule has 168 valence electrons. The fraction of sp³-hybridized carbons (Fsp3) is 0.429. The van der Waals surface area contributed by atoms with Gasteiger partial charge in [0.05, 0.1) is 6.10 Å². The maximum Gasteiger partial charge on any atom is 0.187 e. The van der Waals surface area contributed by atoms with Gasteiger partial charge in [0.25, 0.3) is 0 Å². The molecule has 0 bridgehead atoms. The molecule has 0 radical (unpaired) electrons. The summed E-state index contributed by atoms with van der Waals surface area (Å²) in [6.07, 6.45) is -8.15. The van der Waals surface area contributed by atoms with Crippen LogP contribution in [-0.4, -0.2) is 72.6 Å². The fourth-order valence-corrected chi connectivity index (χ4v) is 3.87. The summed E-state index contributed by atoms with van der Waals surface area (Å²) in [4.78, 5) is 0. The van der Waals surface area contributed by atoms with E-state index in [0.29, 0.717) is 11.1 Å². The van der Waals surface area contributed by atoms with Crippen LogP contribution >= 0.6 is 0 Å². The Hall–Kier alpha value is -2.76. The van der Waals surface area contributed by atoms with Crippen LogP contribution in [0.4, 0.5) is 0 Å². The number of fused-ring (bicyclic) bond motifs is 1. The summed E-state index contributed by atoms with van der Waals surface area (Å²) in [5.74, 6) is -0.941. The number of aliphatic hydroxyl groups excluding tert-OH is 3. The summed E-state index contributed by atoms with van der Waals surface area (Å²) in [6.45, 7) is 1.52. The highest BCUT2D eigenvalue weighted by atomic mass is 16.7. The van der Waals surface area contributed by atoms with Crippen molar-refractivity contribution in [2.24, 2.45) is 0 Å². The molecular weight excluding hydrogens is 412 g/mol. The van der Waals surface area contributed by atoms with Gasteiger partial charge in [-0.25, -0.2) is 0 Å². The normalized spacial score (nSPS) is 32.8. The van der Waals surface area contributed by atoms with Crippen LogP contribution in [0.25, 0.3) is 0 Å². The molecule has 1 saturated heterocycles. The second-order valence-corrected chi connectivity index (χ2v) is 7.79. The first-order valence-corrected chi connectivity index (χ1v) is 9.74. The molecule has 7 atom stereocenters. The van der Waals surface area contributed by atoms with Crippen LogP contribution in [0.15, 0.2) is 30.3 Å². The van der Waals surface area contributed by atoms with Gasteiger partial charge in [0, 0.05) is 24.1 Å². The summed E-state index contributed by atoms with van der Waals surface area (Å²) in [5, 5.41) is 69.9. The van der Waals surface area contributed by atoms with Crippen molar-refractivity contribution >= 4 is 0 Å².